The van der Waals surface area contributed by atoms with Crippen LogP contribution in [0.25, 0.3) is 22.4 Å². The van der Waals surface area contributed by atoms with E-state index in [1.807, 2.05) is 37.3 Å². The zero-order valence-electron chi connectivity index (χ0n) is 14.6. The second-order valence-corrected chi connectivity index (χ2v) is 7.51. The first-order chi connectivity index (χ1) is 12.5. The molecule has 0 atom stereocenters. The van der Waals surface area contributed by atoms with E-state index in [0.717, 1.165) is 22.4 Å². The van der Waals surface area contributed by atoms with Gasteiger partial charge in [-0.2, -0.15) is 0 Å². The Morgan fingerprint density at radius 2 is 1.73 bits per heavy atom. The van der Waals surface area contributed by atoms with Crippen molar-refractivity contribution in [3.8, 4) is 22.4 Å². The highest BCUT2D eigenvalue weighted by molar-refractivity contribution is 7.89. The van der Waals surface area contributed by atoms with E-state index < -0.39 is 10.0 Å². The topological polar surface area (TPSA) is 81.4 Å². The minimum absolute atomic E-state index is 0.202. The lowest BCUT2D eigenvalue weighted by Gasteiger charge is -2.08. The molecule has 7 heteroatoms. The molecule has 0 aliphatic rings. The number of nitrogens with one attached hydrogen (secondary N) is 1. The number of methoxy groups -OCH3 is 1. The molecule has 1 aromatic heterocycles. The van der Waals surface area contributed by atoms with Crippen LogP contribution in [0, 0.1) is 6.92 Å². The Bertz CT molecular complexity index is 965. The SMILES string of the molecule is COCCNS(=O)(=O)c1ccc(-c2c(-c3ccccc3)noc2C)cc1. The average Bonchev–Trinajstić information content (AvgIpc) is 3.04. The average molecular weight is 372 g/mol. The lowest BCUT2D eigenvalue weighted by Crippen LogP contribution is -2.27. The van der Waals surface area contributed by atoms with Gasteiger partial charge in [-0.25, -0.2) is 13.1 Å². The number of sulfonamides is 1. The van der Waals surface area contributed by atoms with Crippen molar-refractivity contribution < 1.29 is 17.7 Å². The lowest BCUT2D eigenvalue weighted by molar-refractivity contribution is 0.204. The number of aromatic nitrogens is 1. The maximum absolute atomic E-state index is 12.3. The van der Waals surface area contributed by atoms with Gasteiger partial charge in [0.05, 0.1) is 17.1 Å². The molecule has 0 spiro atoms. The number of aryl methyl sites for hydroxylation is 1. The number of nitrogens with zero attached hydrogens (tertiary/aromatic N) is 1. The molecular formula is C19H20N2O4S. The first-order valence-corrected chi connectivity index (χ1v) is 9.62. The highest BCUT2D eigenvalue weighted by Crippen LogP contribution is 2.34. The van der Waals surface area contributed by atoms with E-state index in [-0.39, 0.29) is 11.4 Å². The fraction of sp³-hybridized carbons (Fsp3) is 0.211. The van der Waals surface area contributed by atoms with E-state index >= 15 is 0 Å². The maximum atomic E-state index is 12.3. The molecule has 6 nitrogen and oxygen atoms in total. The molecule has 0 unspecified atom stereocenters. The highest BCUT2D eigenvalue weighted by atomic mass is 32.2. The Morgan fingerprint density at radius 1 is 1.04 bits per heavy atom. The molecule has 1 N–H and O–H groups in total. The minimum Gasteiger partial charge on any atom is -0.383 e. The Labute approximate surface area is 152 Å². The third kappa shape index (κ3) is 3.85. The molecule has 136 valence electrons. The quantitative estimate of drug-likeness (QED) is 0.644. The van der Waals surface area contributed by atoms with Crippen LogP contribution in [0.2, 0.25) is 0 Å². The summed E-state index contributed by atoms with van der Waals surface area (Å²) >= 11 is 0. The zero-order chi connectivity index (χ0) is 18.6. The second kappa shape index (κ2) is 7.82. The molecule has 2 aromatic carbocycles. The van der Waals surface area contributed by atoms with Crippen LogP contribution in [-0.4, -0.2) is 33.8 Å². The normalized spacial score (nSPS) is 11.6. The number of benzene rings is 2. The highest BCUT2D eigenvalue weighted by Gasteiger charge is 2.18. The fourth-order valence-corrected chi connectivity index (χ4v) is 3.68. The van der Waals surface area contributed by atoms with E-state index in [1.165, 1.54) is 7.11 Å². The van der Waals surface area contributed by atoms with Gasteiger partial charge in [-0.05, 0) is 24.6 Å². The van der Waals surface area contributed by atoms with Crippen LogP contribution in [-0.2, 0) is 14.8 Å². The zero-order valence-corrected chi connectivity index (χ0v) is 15.4. The summed E-state index contributed by atoms with van der Waals surface area (Å²) in [5.74, 6) is 0.678. The molecule has 0 fully saturated rings. The fourth-order valence-electron chi connectivity index (χ4n) is 2.67. The molecule has 26 heavy (non-hydrogen) atoms. The van der Waals surface area contributed by atoms with Crippen molar-refractivity contribution in [2.45, 2.75) is 11.8 Å². The van der Waals surface area contributed by atoms with Crippen LogP contribution >= 0.6 is 0 Å². The molecule has 3 rings (SSSR count). The number of hydrogen-bond acceptors (Lipinski definition) is 5. The van der Waals surface area contributed by atoms with Gasteiger partial charge < -0.3 is 9.26 Å². The third-order valence-corrected chi connectivity index (χ3v) is 5.44. The third-order valence-electron chi connectivity index (χ3n) is 3.96. The lowest BCUT2D eigenvalue weighted by atomic mass is 10.00. The van der Waals surface area contributed by atoms with Gasteiger partial charge >= 0.3 is 0 Å². The van der Waals surface area contributed by atoms with Gasteiger partial charge in [0, 0.05) is 19.2 Å². The van der Waals surface area contributed by atoms with Crippen LogP contribution in [0.5, 0.6) is 0 Å². The van der Waals surface area contributed by atoms with Crippen LogP contribution in [0.4, 0.5) is 0 Å². The summed E-state index contributed by atoms with van der Waals surface area (Å²) in [6.45, 7) is 2.38. The van der Waals surface area contributed by atoms with Crippen molar-refractivity contribution >= 4 is 10.0 Å². The van der Waals surface area contributed by atoms with E-state index in [1.54, 1.807) is 24.3 Å². The summed E-state index contributed by atoms with van der Waals surface area (Å²) in [6, 6.07) is 16.4. The van der Waals surface area contributed by atoms with E-state index in [9.17, 15) is 8.42 Å². The molecule has 0 aliphatic heterocycles. The second-order valence-electron chi connectivity index (χ2n) is 5.74. The van der Waals surface area contributed by atoms with Crippen molar-refractivity contribution in [1.29, 1.82) is 0 Å². The number of hydrogen-bond donors (Lipinski definition) is 1. The van der Waals surface area contributed by atoms with Gasteiger partial charge in [0.1, 0.15) is 11.5 Å². The molecule has 3 aromatic rings. The summed E-state index contributed by atoms with van der Waals surface area (Å²) in [5.41, 5.74) is 3.38. The van der Waals surface area contributed by atoms with Gasteiger partial charge in [-0.3, -0.25) is 0 Å². The smallest absolute Gasteiger partial charge is 0.240 e. The molecule has 0 amide bonds. The van der Waals surface area contributed by atoms with E-state index in [0.29, 0.717) is 12.4 Å². The summed E-state index contributed by atoms with van der Waals surface area (Å²) in [7, 11) is -2.04. The molecular weight excluding hydrogens is 352 g/mol. The summed E-state index contributed by atoms with van der Waals surface area (Å²) in [5, 5.41) is 4.16. The molecule has 1 heterocycles. The minimum atomic E-state index is -3.56. The first-order valence-electron chi connectivity index (χ1n) is 8.13. The largest absolute Gasteiger partial charge is 0.383 e. The predicted octanol–water partition coefficient (Wildman–Crippen LogP) is 3.24. The van der Waals surface area contributed by atoms with Gasteiger partial charge in [-0.1, -0.05) is 47.6 Å². The van der Waals surface area contributed by atoms with Crippen LogP contribution in [0.3, 0.4) is 0 Å². The molecule has 0 aliphatic carbocycles. The van der Waals surface area contributed by atoms with E-state index in [4.69, 9.17) is 9.26 Å². The van der Waals surface area contributed by atoms with Crippen molar-refractivity contribution in [2.24, 2.45) is 0 Å². The van der Waals surface area contributed by atoms with Crippen molar-refractivity contribution in [1.82, 2.24) is 9.88 Å². The van der Waals surface area contributed by atoms with Crippen molar-refractivity contribution in [3.63, 3.8) is 0 Å². The van der Waals surface area contributed by atoms with Crippen LogP contribution in [0.15, 0.2) is 64.0 Å². The molecule has 0 bridgehead atoms. The van der Waals surface area contributed by atoms with Gasteiger partial charge in [-0.15, -0.1) is 0 Å². The van der Waals surface area contributed by atoms with Gasteiger partial charge in [0.25, 0.3) is 0 Å². The molecule has 0 saturated carbocycles. The molecule has 0 saturated heterocycles. The summed E-state index contributed by atoms with van der Waals surface area (Å²) < 4.78 is 37.3. The molecule has 0 radical (unpaired) electrons. The van der Waals surface area contributed by atoms with Gasteiger partial charge in [0.15, 0.2) is 0 Å². The van der Waals surface area contributed by atoms with Crippen LogP contribution < -0.4 is 4.72 Å². The number of rotatable bonds is 7. The Balaban J connectivity index is 1.92. The Morgan fingerprint density at radius 3 is 2.38 bits per heavy atom. The standard InChI is InChI=1S/C19H20N2O4S/c1-14-18(19(21-25-14)16-6-4-3-5-7-16)15-8-10-17(11-9-15)26(22,23)20-12-13-24-2/h3-11,20H,12-13H2,1-2H3. The summed E-state index contributed by atoms with van der Waals surface area (Å²) in [4.78, 5) is 0.202. The predicted molar refractivity (Wildman–Crippen MR) is 99.2 cm³/mol. The Hall–Kier alpha value is -2.48. The number of ether oxygens (including phenoxy) is 1. The van der Waals surface area contributed by atoms with Crippen LogP contribution in [0.1, 0.15) is 5.76 Å². The van der Waals surface area contributed by atoms with E-state index in [2.05, 4.69) is 9.88 Å². The monoisotopic (exact) mass is 372 g/mol. The summed E-state index contributed by atoms with van der Waals surface area (Å²) in [6.07, 6.45) is 0. The Kier molecular flexibility index (Phi) is 5.51. The van der Waals surface area contributed by atoms with Crippen molar-refractivity contribution in [2.75, 3.05) is 20.3 Å². The first kappa shape index (κ1) is 18.3. The van der Waals surface area contributed by atoms with Gasteiger partial charge in [0.2, 0.25) is 10.0 Å². The van der Waals surface area contributed by atoms with Crippen molar-refractivity contribution in [3.05, 3.63) is 60.4 Å². The maximum Gasteiger partial charge on any atom is 0.240 e.